The average molecular weight is 333 g/mol. The second kappa shape index (κ2) is 5.34. The van der Waals surface area contributed by atoms with Crippen molar-refractivity contribution in [2.75, 3.05) is 7.11 Å². The first-order chi connectivity index (χ1) is 12.1. The van der Waals surface area contributed by atoms with Crippen LogP contribution in [0.5, 0.6) is 0 Å². The van der Waals surface area contributed by atoms with Crippen molar-refractivity contribution in [3.05, 3.63) is 59.7 Å². The minimum absolute atomic E-state index is 0.0285. The first-order valence-corrected chi connectivity index (χ1v) is 7.79. The Morgan fingerprint density at radius 3 is 2.16 bits per heavy atom. The number of para-hydroxylation sites is 1. The number of carboxylic acid groups (broad SMARTS) is 1. The van der Waals surface area contributed by atoms with Gasteiger partial charge in [0.15, 0.2) is 0 Å². The van der Waals surface area contributed by atoms with Crippen LogP contribution in [0.3, 0.4) is 0 Å². The van der Waals surface area contributed by atoms with E-state index in [1.807, 2.05) is 48.0 Å². The highest BCUT2D eigenvalue weighted by Crippen LogP contribution is 2.39. The zero-order valence-corrected chi connectivity index (χ0v) is 13.7. The summed E-state index contributed by atoms with van der Waals surface area (Å²) in [5.74, 6) is -1.80. The molecule has 0 unspecified atom stereocenters. The maximum Gasteiger partial charge on any atom is 0.339 e. The highest BCUT2D eigenvalue weighted by atomic mass is 16.5. The van der Waals surface area contributed by atoms with E-state index in [1.165, 1.54) is 7.11 Å². The molecular weight excluding hydrogens is 318 g/mol. The number of carboxylic acids is 1. The van der Waals surface area contributed by atoms with Crippen molar-refractivity contribution in [3.8, 4) is 0 Å². The third-order valence-electron chi connectivity index (χ3n) is 4.66. The van der Waals surface area contributed by atoms with Gasteiger partial charge in [-0.3, -0.25) is 0 Å². The van der Waals surface area contributed by atoms with E-state index in [1.54, 1.807) is 12.1 Å². The van der Waals surface area contributed by atoms with Gasteiger partial charge in [-0.05, 0) is 16.8 Å². The number of aromatic nitrogens is 1. The second-order valence-corrected chi connectivity index (χ2v) is 5.89. The van der Waals surface area contributed by atoms with Crippen molar-refractivity contribution in [2.24, 2.45) is 7.05 Å². The molecule has 1 N–H and O–H groups in total. The van der Waals surface area contributed by atoms with Crippen LogP contribution in [0, 0.1) is 0 Å². The van der Waals surface area contributed by atoms with E-state index in [2.05, 4.69) is 0 Å². The van der Waals surface area contributed by atoms with E-state index in [0.717, 1.165) is 21.7 Å². The Morgan fingerprint density at radius 1 is 0.920 bits per heavy atom. The number of carbonyl (C=O) groups excluding carboxylic acids is 1. The maximum atomic E-state index is 12.4. The van der Waals surface area contributed by atoms with Crippen LogP contribution in [-0.2, 0) is 11.8 Å². The molecule has 0 fully saturated rings. The first-order valence-electron chi connectivity index (χ1n) is 7.79. The maximum absolute atomic E-state index is 12.4. The van der Waals surface area contributed by atoms with Crippen LogP contribution in [0.25, 0.3) is 32.6 Å². The summed E-state index contributed by atoms with van der Waals surface area (Å²) in [6, 6.07) is 15.1. The molecule has 0 spiro atoms. The molecule has 0 aliphatic rings. The van der Waals surface area contributed by atoms with Crippen LogP contribution < -0.4 is 0 Å². The molecule has 0 atom stereocenters. The predicted octanol–water partition coefficient (Wildman–Crippen LogP) is 3.97. The number of esters is 1. The molecule has 0 aliphatic heterocycles. The smallest absolute Gasteiger partial charge is 0.339 e. The number of aromatic carboxylic acids is 1. The van der Waals surface area contributed by atoms with Crippen molar-refractivity contribution in [1.29, 1.82) is 0 Å². The molecular formula is C20H15NO4. The quantitative estimate of drug-likeness (QED) is 0.564. The number of carbonyl (C=O) groups is 2. The van der Waals surface area contributed by atoms with Gasteiger partial charge in [0.1, 0.15) is 0 Å². The van der Waals surface area contributed by atoms with Crippen molar-refractivity contribution in [1.82, 2.24) is 4.57 Å². The Hall–Kier alpha value is -3.34. The Kier molecular flexibility index (Phi) is 3.25. The Labute approximate surface area is 143 Å². The number of fused-ring (bicyclic) bond motifs is 5. The van der Waals surface area contributed by atoms with E-state index in [9.17, 15) is 14.7 Å². The highest BCUT2D eigenvalue weighted by molar-refractivity contribution is 6.29. The van der Waals surface area contributed by atoms with Crippen LogP contribution >= 0.6 is 0 Å². The third-order valence-corrected chi connectivity index (χ3v) is 4.66. The molecule has 25 heavy (non-hydrogen) atoms. The fourth-order valence-electron chi connectivity index (χ4n) is 3.65. The number of hydrogen-bond acceptors (Lipinski definition) is 3. The van der Waals surface area contributed by atoms with Crippen molar-refractivity contribution < 1.29 is 19.4 Å². The van der Waals surface area contributed by atoms with E-state index >= 15 is 0 Å². The second-order valence-electron chi connectivity index (χ2n) is 5.89. The highest BCUT2D eigenvalue weighted by Gasteiger charge is 2.27. The number of nitrogens with zero attached hydrogens (tertiary/aromatic N) is 1. The summed E-state index contributed by atoms with van der Waals surface area (Å²) in [5.41, 5.74) is 1.49. The number of methoxy groups -OCH3 is 1. The van der Waals surface area contributed by atoms with Crippen LogP contribution in [0.2, 0.25) is 0 Å². The first kappa shape index (κ1) is 15.2. The zero-order valence-electron chi connectivity index (χ0n) is 13.7. The molecule has 5 nitrogen and oxygen atoms in total. The van der Waals surface area contributed by atoms with Crippen molar-refractivity contribution >= 4 is 44.5 Å². The van der Waals surface area contributed by atoms with Gasteiger partial charge in [0, 0.05) is 23.3 Å². The summed E-state index contributed by atoms with van der Waals surface area (Å²) in [6.07, 6.45) is 0. The molecule has 0 aliphatic carbocycles. The summed E-state index contributed by atoms with van der Waals surface area (Å²) < 4.78 is 6.71. The monoisotopic (exact) mass is 333 g/mol. The Morgan fingerprint density at radius 2 is 1.52 bits per heavy atom. The van der Waals surface area contributed by atoms with Gasteiger partial charge in [-0.2, -0.15) is 0 Å². The van der Waals surface area contributed by atoms with E-state index in [0.29, 0.717) is 10.9 Å². The summed E-state index contributed by atoms with van der Waals surface area (Å²) in [4.78, 5) is 24.5. The summed E-state index contributed by atoms with van der Waals surface area (Å²) in [5, 5.41) is 13.1. The van der Waals surface area contributed by atoms with E-state index < -0.39 is 11.9 Å². The topological polar surface area (TPSA) is 68.5 Å². The van der Waals surface area contributed by atoms with Gasteiger partial charge < -0.3 is 14.4 Å². The molecule has 0 radical (unpaired) electrons. The average Bonchev–Trinajstić information content (AvgIpc) is 2.93. The van der Waals surface area contributed by atoms with Gasteiger partial charge in [0.05, 0.1) is 23.8 Å². The standard InChI is InChI=1S/C20H15NO4/c1-21-14-10-6-5-9-13(14)15-11-7-3-4-8-12(11)16(20(24)25-2)17(18(15)21)19(22)23/h3-10H,1-2H3,(H,22,23). The molecule has 4 rings (SSSR count). The van der Waals surface area contributed by atoms with Crippen LogP contribution in [0.4, 0.5) is 0 Å². The van der Waals surface area contributed by atoms with E-state index in [-0.39, 0.29) is 11.1 Å². The molecule has 124 valence electrons. The molecule has 4 aromatic rings. The largest absolute Gasteiger partial charge is 0.478 e. The lowest BCUT2D eigenvalue weighted by atomic mass is 9.94. The minimum Gasteiger partial charge on any atom is -0.478 e. The molecule has 1 aromatic heterocycles. The molecule has 3 aromatic carbocycles. The van der Waals surface area contributed by atoms with Gasteiger partial charge >= 0.3 is 11.9 Å². The fourth-order valence-corrected chi connectivity index (χ4v) is 3.65. The Balaban J connectivity index is 2.43. The van der Waals surface area contributed by atoms with Gasteiger partial charge in [0.2, 0.25) is 0 Å². The lowest BCUT2D eigenvalue weighted by Gasteiger charge is -2.12. The van der Waals surface area contributed by atoms with E-state index in [4.69, 9.17) is 4.74 Å². The van der Waals surface area contributed by atoms with Crippen molar-refractivity contribution in [3.63, 3.8) is 0 Å². The Bertz CT molecular complexity index is 1190. The summed E-state index contributed by atoms with van der Waals surface area (Å²) in [7, 11) is 3.07. The van der Waals surface area contributed by atoms with Gasteiger partial charge in [-0.25, -0.2) is 9.59 Å². The number of aryl methyl sites for hydroxylation is 1. The molecule has 0 saturated heterocycles. The molecule has 1 heterocycles. The van der Waals surface area contributed by atoms with Crippen LogP contribution in [0.1, 0.15) is 20.7 Å². The minimum atomic E-state index is -1.15. The molecule has 0 bridgehead atoms. The number of rotatable bonds is 2. The lowest BCUT2D eigenvalue weighted by Crippen LogP contribution is -2.13. The third kappa shape index (κ3) is 1.96. The van der Waals surface area contributed by atoms with Crippen LogP contribution in [0.15, 0.2) is 48.5 Å². The lowest BCUT2D eigenvalue weighted by molar-refractivity contribution is 0.0585. The molecule has 5 heteroatoms. The summed E-state index contributed by atoms with van der Waals surface area (Å²) in [6.45, 7) is 0. The number of ether oxygens (including phenoxy) is 1. The van der Waals surface area contributed by atoms with Crippen molar-refractivity contribution in [2.45, 2.75) is 0 Å². The predicted molar refractivity (Wildman–Crippen MR) is 96.2 cm³/mol. The zero-order chi connectivity index (χ0) is 17.7. The SMILES string of the molecule is COC(=O)c1c(C(=O)O)c2c(c3ccccc13)c1ccccc1n2C. The normalized spacial score (nSPS) is 11.3. The fraction of sp³-hybridized carbons (Fsp3) is 0.100. The van der Waals surface area contributed by atoms with Crippen LogP contribution in [-0.4, -0.2) is 28.7 Å². The molecule has 0 saturated carbocycles. The summed E-state index contributed by atoms with van der Waals surface area (Å²) >= 11 is 0. The molecule has 0 amide bonds. The van der Waals surface area contributed by atoms with Gasteiger partial charge in [-0.15, -0.1) is 0 Å². The number of hydrogen-bond donors (Lipinski definition) is 1. The van der Waals surface area contributed by atoms with Gasteiger partial charge in [-0.1, -0.05) is 42.5 Å². The van der Waals surface area contributed by atoms with Gasteiger partial charge in [0.25, 0.3) is 0 Å². The number of benzene rings is 3.